The lowest BCUT2D eigenvalue weighted by Crippen LogP contribution is -2.38. The lowest BCUT2D eigenvalue weighted by atomic mass is 9.86. The number of carbonyl (C=O) groups is 1. The molecule has 0 saturated heterocycles. The Kier molecular flexibility index (Phi) is 5.34. The minimum Gasteiger partial charge on any atom is -0.489 e. The van der Waals surface area contributed by atoms with Crippen molar-refractivity contribution in [3.05, 3.63) is 102 Å². The highest BCUT2D eigenvalue weighted by Crippen LogP contribution is 2.33. The fourth-order valence-electron chi connectivity index (χ4n) is 2.78. The van der Waals surface area contributed by atoms with E-state index in [1.165, 1.54) is 7.11 Å². The van der Waals surface area contributed by atoms with Crippen molar-refractivity contribution in [1.29, 1.82) is 0 Å². The SMILES string of the molecule is COC(=O)C(O)(c1ccccc1)c1cccc(OCc2ccccc2)c1. The van der Waals surface area contributed by atoms with Crippen molar-refractivity contribution in [2.24, 2.45) is 0 Å². The first-order chi connectivity index (χ1) is 12.6. The molecule has 0 radical (unpaired) electrons. The molecule has 0 fully saturated rings. The Morgan fingerprint density at radius 3 is 2.15 bits per heavy atom. The number of hydrogen-bond acceptors (Lipinski definition) is 4. The smallest absolute Gasteiger partial charge is 0.347 e. The lowest BCUT2D eigenvalue weighted by Gasteiger charge is -2.26. The molecule has 0 bridgehead atoms. The zero-order chi connectivity index (χ0) is 18.4. The first-order valence-electron chi connectivity index (χ1n) is 8.28. The Bertz CT molecular complexity index is 862. The van der Waals surface area contributed by atoms with E-state index in [0.29, 0.717) is 23.5 Å². The first-order valence-corrected chi connectivity index (χ1v) is 8.28. The standard InChI is InChI=1S/C22H20O4/c1-25-21(23)22(24,18-11-6-3-7-12-18)19-13-8-14-20(15-19)26-16-17-9-4-2-5-10-17/h2-15,24H,16H2,1H3. The fraction of sp³-hybridized carbons (Fsp3) is 0.136. The van der Waals surface area contributed by atoms with Gasteiger partial charge >= 0.3 is 5.97 Å². The van der Waals surface area contributed by atoms with Crippen molar-refractivity contribution < 1.29 is 19.4 Å². The Hall–Kier alpha value is -3.11. The average molecular weight is 348 g/mol. The summed E-state index contributed by atoms with van der Waals surface area (Å²) in [5, 5.41) is 11.2. The van der Waals surface area contributed by atoms with E-state index in [4.69, 9.17) is 9.47 Å². The van der Waals surface area contributed by atoms with Gasteiger partial charge in [-0.15, -0.1) is 0 Å². The molecular weight excluding hydrogens is 328 g/mol. The van der Waals surface area contributed by atoms with Crippen LogP contribution in [0.15, 0.2) is 84.9 Å². The summed E-state index contributed by atoms with van der Waals surface area (Å²) in [6.07, 6.45) is 0. The predicted octanol–water partition coefficient (Wildman–Crippen LogP) is 3.67. The Morgan fingerprint density at radius 1 is 0.885 bits per heavy atom. The number of hydrogen-bond donors (Lipinski definition) is 1. The molecule has 0 spiro atoms. The Balaban J connectivity index is 1.92. The van der Waals surface area contributed by atoms with E-state index in [2.05, 4.69) is 0 Å². The second kappa shape index (κ2) is 7.85. The first kappa shape index (κ1) is 17.7. The van der Waals surface area contributed by atoms with Gasteiger partial charge in [0, 0.05) is 5.56 Å². The number of methoxy groups -OCH3 is 1. The molecule has 3 aromatic rings. The van der Waals surface area contributed by atoms with E-state index >= 15 is 0 Å². The van der Waals surface area contributed by atoms with Gasteiger partial charge in [-0.3, -0.25) is 0 Å². The minimum absolute atomic E-state index is 0.390. The Morgan fingerprint density at radius 2 is 1.50 bits per heavy atom. The molecule has 1 N–H and O–H groups in total. The van der Waals surface area contributed by atoms with Crippen LogP contribution in [0.3, 0.4) is 0 Å². The number of esters is 1. The van der Waals surface area contributed by atoms with Crippen LogP contribution in [0.5, 0.6) is 5.75 Å². The van der Waals surface area contributed by atoms with E-state index < -0.39 is 11.6 Å². The topological polar surface area (TPSA) is 55.8 Å². The molecule has 0 aliphatic heterocycles. The molecular formula is C22H20O4. The summed E-state index contributed by atoms with van der Waals surface area (Å²) in [5.41, 5.74) is -0.0420. The van der Waals surface area contributed by atoms with E-state index in [1.54, 1.807) is 48.5 Å². The Labute approximate surface area is 152 Å². The maximum Gasteiger partial charge on any atom is 0.347 e. The monoisotopic (exact) mass is 348 g/mol. The average Bonchev–Trinajstić information content (AvgIpc) is 2.72. The van der Waals surface area contributed by atoms with Gasteiger partial charge in [0.1, 0.15) is 12.4 Å². The van der Waals surface area contributed by atoms with E-state index in [1.807, 2.05) is 36.4 Å². The van der Waals surface area contributed by atoms with Crippen LogP contribution in [0.25, 0.3) is 0 Å². The third-order valence-corrected chi connectivity index (χ3v) is 4.17. The van der Waals surface area contributed by atoms with Gasteiger partial charge in [0.25, 0.3) is 0 Å². The maximum absolute atomic E-state index is 12.4. The molecule has 4 heteroatoms. The van der Waals surface area contributed by atoms with Gasteiger partial charge in [-0.1, -0.05) is 72.8 Å². The summed E-state index contributed by atoms with van der Waals surface area (Å²) in [6.45, 7) is 0.395. The van der Waals surface area contributed by atoms with Crippen LogP contribution in [0.1, 0.15) is 16.7 Å². The zero-order valence-corrected chi connectivity index (χ0v) is 14.5. The molecule has 3 aromatic carbocycles. The summed E-state index contributed by atoms with van der Waals surface area (Å²) in [5.74, 6) is -0.187. The summed E-state index contributed by atoms with van der Waals surface area (Å²) >= 11 is 0. The number of rotatable bonds is 6. The van der Waals surface area contributed by atoms with E-state index in [-0.39, 0.29) is 0 Å². The molecule has 26 heavy (non-hydrogen) atoms. The van der Waals surface area contributed by atoms with Crippen molar-refractivity contribution in [3.8, 4) is 5.75 Å². The van der Waals surface area contributed by atoms with Crippen LogP contribution >= 0.6 is 0 Å². The van der Waals surface area contributed by atoms with Gasteiger partial charge in [-0.05, 0) is 23.3 Å². The van der Waals surface area contributed by atoms with Crippen molar-refractivity contribution >= 4 is 5.97 Å². The number of aliphatic hydroxyl groups is 1. The van der Waals surface area contributed by atoms with Crippen LogP contribution in [-0.2, 0) is 21.7 Å². The van der Waals surface area contributed by atoms with Gasteiger partial charge in [-0.2, -0.15) is 0 Å². The van der Waals surface area contributed by atoms with Crippen LogP contribution in [0, 0.1) is 0 Å². The molecule has 0 amide bonds. The van der Waals surface area contributed by atoms with Crippen LogP contribution in [0.2, 0.25) is 0 Å². The van der Waals surface area contributed by atoms with E-state index in [9.17, 15) is 9.90 Å². The van der Waals surface area contributed by atoms with Crippen molar-refractivity contribution in [2.75, 3.05) is 7.11 Å². The highest BCUT2D eigenvalue weighted by molar-refractivity contribution is 5.85. The second-order valence-electron chi connectivity index (χ2n) is 5.87. The lowest BCUT2D eigenvalue weighted by molar-refractivity contribution is -0.158. The molecule has 0 aliphatic carbocycles. The van der Waals surface area contributed by atoms with E-state index in [0.717, 1.165) is 5.56 Å². The third kappa shape index (κ3) is 3.60. The van der Waals surface area contributed by atoms with Crippen molar-refractivity contribution in [1.82, 2.24) is 0 Å². The number of benzene rings is 3. The summed E-state index contributed by atoms with van der Waals surface area (Å²) in [6, 6.07) is 25.4. The molecule has 4 nitrogen and oxygen atoms in total. The van der Waals surface area contributed by atoms with Crippen LogP contribution < -0.4 is 4.74 Å². The fourth-order valence-corrected chi connectivity index (χ4v) is 2.78. The van der Waals surface area contributed by atoms with Gasteiger partial charge < -0.3 is 14.6 Å². The molecule has 1 unspecified atom stereocenters. The summed E-state index contributed by atoms with van der Waals surface area (Å²) in [7, 11) is 1.26. The summed E-state index contributed by atoms with van der Waals surface area (Å²) < 4.78 is 10.7. The molecule has 1 atom stereocenters. The molecule has 0 aliphatic rings. The maximum atomic E-state index is 12.4. The van der Waals surface area contributed by atoms with Gasteiger partial charge in [-0.25, -0.2) is 4.79 Å². The highest BCUT2D eigenvalue weighted by Gasteiger charge is 2.41. The molecule has 0 heterocycles. The normalized spacial score (nSPS) is 12.8. The number of carbonyl (C=O) groups excluding carboxylic acids is 1. The van der Waals surface area contributed by atoms with Gasteiger partial charge in [0.15, 0.2) is 0 Å². The van der Waals surface area contributed by atoms with Gasteiger partial charge in [0.05, 0.1) is 7.11 Å². The molecule has 0 aromatic heterocycles. The molecule has 132 valence electrons. The van der Waals surface area contributed by atoms with Crippen LogP contribution in [-0.4, -0.2) is 18.2 Å². The predicted molar refractivity (Wildman–Crippen MR) is 98.7 cm³/mol. The van der Waals surface area contributed by atoms with Crippen LogP contribution in [0.4, 0.5) is 0 Å². The quantitative estimate of drug-likeness (QED) is 0.691. The largest absolute Gasteiger partial charge is 0.489 e. The molecule has 0 saturated carbocycles. The minimum atomic E-state index is -1.90. The summed E-state index contributed by atoms with van der Waals surface area (Å²) in [4.78, 5) is 12.4. The van der Waals surface area contributed by atoms with Gasteiger partial charge in [0.2, 0.25) is 5.60 Å². The molecule has 3 rings (SSSR count). The highest BCUT2D eigenvalue weighted by atomic mass is 16.5. The second-order valence-corrected chi connectivity index (χ2v) is 5.87. The number of ether oxygens (including phenoxy) is 2. The van der Waals surface area contributed by atoms with Crippen molar-refractivity contribution in [3.63, 3.8) is 0 Å². The third-order valence-electron chi connectivity index (χ3n) is 4.17. The van der Waals surface area contributed by atoms with Crippen molar-refractivity contribution in [2.45, 2.75) is 12.2 Å². The zero-order valence-electron chi connectivity index (χ0n) is 14.5.